The third kappa shape index (κ3) is 4.40. The van der Waals surface area contributed by atoms with E-state index in [0.29, 0.717) is 32.5 Å². The van der Waals surface area contributed by atoms with Crippen LogP contribution in [-0.2, 0) is 4.79 Å². The van der Waals surface area contributed by atoms with Crippen LogP contribution in [0.15, 0.2) is 0 Å². The van der Waals surface area contributed by atoms with Gasteiger partial charge in [-0.3, -0.25) is 4.79 Å². The zero-order valence-electron chi connectivity index (χ0n) is 11.2. The molecule has 0 spiro atoms. The summed E-state index contributed by atoms with van der Waals surface area (Å²) in [7, 11) is 0. The number of carboxylic acid groups (broad SMARTS) is 1. The van der Waals surface area contributed by atoms with Crippen LogP contribution in [0.25, 0.3) is 0 Å². The number of nitrogens with one attached hydrogen (secondary N) is 1. The van der Waals surface area contributed by atoms with Crippen molar-refractivity contribution in [3.8, 4) is 0 Å². The largest absolute Gasteiger partial charge is 0.481 e. The number of piperidine rings is 1. The molecular weight excluding hydrogens is 252 g/mol. The Hall–Kier alpha value is -0.910. The van der Waals surface area contributed by atoms with Crippen molar-refractivity contribution in [3.63, 3.8) is 0 Å². The normalized spacial score (nSPS) is 17.6. The molecule has 0 bridgehead atoms. The maximum Gasteiger partial charge on any atom is 0.317 e. The van der Waals surface area contributed by atoms with Gasteiger partial charge >= 0.3 is 12.0 Å². The molecule has 1 rings (SSSR count). The lowest BCUT2D eigenvalue weighted by Gasteiger charge is -2.31. The summed E-state index contributed by atoms with van der Waals surface area (Å²) in [5, 5.41) is 11.8. The van der Waals surface area contributed by atoms with Gasteiger partial charge in [0.1, 0.15) is 0 Å². The van der Waals surface area contributed by atoms with E-state index in [-0.39, 0.29) is 16.7 Å². The van der Waals surface area contributed by atoms with Gasteiger partial charge in [-0.2, -0.15) is 11.8 Å². The van der Waals surface area contributed by atoms with E-state index < -0.39 is 5.97 Å². The molecule has 2 amide bonds. The monoisotopic (exact) mass is 274 g/mol. The average Bonchev–Trinajstić information content (AvgIpc) is 2.36. The molecule has 2 N–H and O–H groups in total. The van der Waals surface area contributed by atoms with Gasteiger partial charge in [-0.15, -0.1) is 0 Å². The minimum absolute atomic E-state index is 0.0229. The molecule has 0 aromatic rings. The standard InChI is InChI=1S/C12H22N2O3S/c1-12(2,18-3)8-13-11(17)14-6-4-9(5-7-14)10(15)16/h9H,4-8H2,1-3H3,(H,13,17)(H,15,16). The van der Waals surface area contributed by atoms with Crippen molar-refractivity contribution in [2.24, 2.45) is 5.92 Å². The predicted molar refractivity (Wildman–Crippen MR) is 72.9 cm³/mol. The van der Waals surface area contributed by atoms with Crippen molar-refractivity contribution in [3.05, 3.63) is 0 Å². The second-order valence-electron chi connectivity index (χ2n) is 5.22. The number of aliphatic carboxylic acids is 1. The maximum atomic E-state index is 11.9. The summed E-state index contributed by atoms with van der Waals surface area (Å²) in [6, 6.07) is -0.0824. The lowest BCUT2D eigenvalue weighted by atomic mass is 9.97. The molecule has 104 valence electrons. The van der Waals surface area contributed by atoms with Crippen LogP contribution in [0.3, 0.4) is 0 Å². The molecular formula is C12H22N2O3S. The highest BCUT2D eigenvalue weighted by molar-refractivity contribution is 7.99. The Balaban J connectivity index is 2.34. The molecule has 0 unspecified atom stereocenters. The summed E-state index contributed by atoms with van der Waals surface area (Å²) in [5.74, 6) is -1.05. The summed E-state index contributed by atoms with van der Waals surface area (Å²) in [5.41, 5.74) is 0. The number of rotatable bonds is 4. The third-order valence-electron chi connectivity index (χ3n) is 3.35. The van der Waals surface area contributed by atoms with Crippen LogP contribution in [0.2, 0.25) is 0 Å². The number of hydrogen-bond donors (Lipinski definition) is 2. The van der Waals surface area contributed by atoms with Crippen molar-refractivity contribution in [2.45, 2.75) is 31.4 Å². The Morgan fingerprint density at radius 1 is 1.39 bits per heavy atom. The fourth-order valence-corrected chi connectivity index (χ4v) is 2.02. The van der Waals surface area contributed by atoms with Crippen LogP contribution in [-0.4, -0.2) is 52.6 Å². The Morgan fingerprint density at radius 2 is 1.94 bits per heavy atom. The number of nitrogens with zero attached hydrogens (tertiary/aromatic N) is 1. The molecule has 1 fully saturated rings. The van der Waals surface area contributed by atoms with Gasteiger partial charge in [0.15, 0.2) is 0 Å². The zero-order chi connectivity index (χ0) is 13.8. The van der Waals surface area contributed by atoms with Gasteiger partial charge in [0.25, 0.3) is 0 Å². The summed E-state index contributed by atoms with van der Waals surface area (Å²) >= 11 is 1.71. The number of likely N-dealkylation sites (tertiary alicyclic amines) is 1. The molecule has 1 saturated heterocycles. The van der Waals surface area contributed by atoms with Crippen molar-refractivity contribution in [1.82, 2.24) is 10.2 Å². The fourth-order valence-electron chi connectivity index (χ4n) is 1.80. The minimum Gasteiger partial charge on any atom is -0.481 e. The molecule has 0 aromatic heterocycles. The Morgan fingerprint density at radius 3 is 2.39 bits per heavy atom. The van der Waals surface area contributed by atoms with Crippen molar-refractivity contribution < 1.29 is 14.7 Å². The van der Waals surface area contributed by atoms with Gasteiger partial charge in [-0.05, 0) is 32.9 Å². The van der Waals surface area contributed by atoms with E-state index in [4.69, 9.17) is 5.11 Å². The first-order valence-corrected chi connectivity index (χ1v) is 7.39. The summed E-state index contributed by atoms with van der Waals surface area (Å²) in [6.45, 7) is 5.83. The first kappa shape index (κ1) is 15.1. The summed E-state index contributed by atoms with van der Waals surface area (Å²) in [6.07, 6.45) is 3.12. The molecule has 5 nitrogen and oxygen atoms in total. The number of thioether (sulfide) groups is 1. The molecule has 1 heterocycles. The SMILES string of the molecule is CSC(C)(C)CNC(=O)N1CCC(C(=O)O)CC1. The van der Waals surface area contributed by atoms with Gasteiger partial charge in [0.2, 0.25) is 0 Å². The molecule has 0 saturated carbocycles. The van der Waals surface area contributed by atoms with E-state index in [1.54, 1.807) is 16.7 Å². The quantitative estimate of drug-likeness (QED) is 0.817. The lowest BCUT2D eigenvalue weighted by Crippen LogP contribution is -2.48. The number of carbonyl (C=O) groups is 2. The second kappa shape index (κ2) is 6.31. The Kier molecular flexibility index (Phi) is 5.31. The predicted octanol–water partition coefficient (Wildman–Crippen LogP) is 1.63. The lowest BCUT2D eigenvalue weighted by molar-refractivity contribution is -0.143. The highest BCUT2D eigenvalue weighted by atomic mass is 32.2. The third-order valence-corrected chi connectivity index (χ3v) is 4.60. The molecule has 0 aromatic carbocycles. The number of carboxylic acids is 1. The Labute approximate surface area is 112 Å². The molecule has 0 radical (unpaired) electrons. The molecule has 6 heteroatoms. The van der Waals surface area contributed by atoms with Crippen molar-refractivity contribution in [1.29, 1.82) is 0 Å². The maximum absolute atomic E-state index is 11.9. The van der Waals surface area contributed by atoms with Gasteiger partial charge in [-0.25, -0.2) is 4.79 Å². The molecule has 1 aliphatic heterocycles. The van der Waals surface area contributed by atoms with Crippen LogP contribution in [0, 0.1) is 5.92 Å². The first-order valence-electron chi connectivity index (χ1n) is 6.16. The minimum atomic E-state index is -0.751. The summed E-state index contributed by atoms with van der Waals surface area (Å²) < 4.78 is 0.0229. The molecule has 0 atom stereocenters. The first-order chi connectivity index (χ1) is 8.35. The smallest absolute Gasteiger partial charge is 0.317 e. The second-order valence-corrected chi connectivity index (χ2v) is 6.74. The topological polar surface area (TPSA) is 69.6 Å². The van der Waals surface area contributed by atoms with Gasteiger partial charge in [0, 0.05) is 24.4 Å². The van der Waals surface area contributed by atoms with E-state index in [1.165, 1.54) is 0 Å². The van der Waals surface area contributed by atoms with Crippen molar-refractivity contribution >= 4 is 23.8 Å². The number of hydrogen-bond acceptors (Lipinski definition) is 3. The zero-order valence-corrected chi connectivity index (χ0v) is 12.0. The highest BCUT2D eigenvalue weighted by Gasteiger charge is 2.27. The highest BCUT2D eigenvalue weighted by Crippen LogP contribution is 2.20. The van der Waals surface area contributed by atoms with E-state index in [9.17, 15) is 9.59 Å². The van der Waals surface area contributed by atoms with Crippen LogP contribution < -0.4 is 5.32 Å². The van der Waals surface area contributed by atoms with Crippen LogP contribution >= 0.6 is 11.8 Å². The van der Waals surface area contributed by atoms with Crippen LogP contribution in [0.5, 0.6) is 0 Å². The van der Waals surface area contributed by atoms with E-state index >= 15 is 0 Å². The molecule has 18 heavy (non-hydrogen) atoms. The molecule has 0 aliphatic carbocycles. The molecule has 1 aliphatic rings. The number of urea groups is 1. The number of amides is 2. The van der Waals surface area contributed by atoms with E-state index in [2.05, 4.69) is 19.2 Å². The van der Waals surface area contributed by atoms with E-state index in [1.807, 2.05) is 6.26 Å². The van der Waals surface area contributed by atoms with Crippen molar-refractivity contribution in [2.75, 3.05) is 25.9 Å². The average molecular weight is 274 g/mol. The van der Waals surface area contributed by atoms with E-state index in [0.717, 1.165) is 0 Å². The fraction of sp³-hybridized carbons (Fsp3) is 0.833. The number of carbonyl (C=O) groups excluding carboxylic acids is 1. The van der Waals surface area contributed by atoms with Crippen LogP contribution in [0.4, 0.5) is 4.79 Å². The van der Waals surface area contributed by atoms with Gasteiger partial charge in [0.05, 0.1) is 5.92 Å². The van der Waals surface area contributed by atoms with Gasteiger partial charge < -0.3 is 15.3 Å². The van der Waals surface area contributed by atoms with Gasteiger partial charge in [-0.1, -0.05) is 0 Å². The van der Waals surface area contributed by atoms with Crippen LogP contribution in [0.1, 0.15) is 26.7 Å². The summed E-state index contributed by atoms with van der Waals surface area (Å²) in [4.78, 5) is 24.4. The Bertz CT molecular complexity index is 312.